The topological polar surface area (TPSA) is 0 Å². The van der Waals surface area contributed by atoms with Crippen LogP contribution in [-0.2, 0) is 19.3 Å². The monoisotopic (exact) mass is 212 g/mol. The molecule has 2 aliphatic rings. The Balaban J connectivity index is 2.28. The Hall–Kier alpha value is -1.04. The maximum absolute atomic E-state index is 2.40. The molecule has 0 aliphatic heterocycles. The van der Waals surface area contributed by atoms with E-state index in [0.29, 0.717) is 0 Å². The van der Waals surface area contributed by atoms with Gasteiger partial charge in [-0.1, -0.05) is 18.6 Å². The van der Waals surface area contributed by atoms with Gasteiger partial charge in [-0.05, 0) is 79.3 Å². The fraction of sp³-hybridized carbons (Fsp3) is 0.500. The van der Waals surface area contributed by atoms with E-state index in [0.717, 1.165) is 5.92 Å². The van der Waals surface area contributed by atoms with Crippen molar-refractivity contribution in [3.8, 4) is 0 Å². The highest BCUT2D eigenvalue weighted by Gasteiger charge is 2.27. The van der Waals surface area contributed by atoms with Crippen LogP contribution >= 0.6 is 0 Å². The van der Waals surface area contributed by atoms with Gasteiger partial charge in [0.15, 0.2) is 0 Å². The summed E-state index contributed by atoms with van der Waals surface area (Å²) in [5, 5.41) is 0. The van der Waals surface area contributed by atoms with Crippen LogP contribution in [0, 0.1) is 19.8 Å². The van der Waals surface area contributed by atoms with Gasteiger partial charge in [0, 0.05) is 0 Å². The molecule has 0 heteroatoms. The summed E-state index contributed by atoms with van der Waals surface area (Å²) < 4.78 is 0. The third-order valence-electron chi connectivity index (χ3n) is 4.40. The van der Waals surface area contributed by atoms with Gasteiger partial charge in [0.05, 0.1) is 0 Å². The van der Waals surface area contributed by atoms with E-state index in [1.165, 1.54) is 24.8 Å². The van der Waals surface area contributed by atoms with E-state index in [-0.39, 0.29) is 0 Å². The fourth-order valence-corrected chi connectivity index (χ4v) is 3.55. The lowest BCUT2D eigenvalue weighted by molar-refractivity contribution is 0.626. The minimum absolute atomic E-state index is 0.847. The first-order valence-electron chi connectivity index (χ1n) is 6.39. The lowest BCUT2D eigenvalue weighted by Crippen LogP contribution is -2.00. The lowest BCUT2D eigenvalue weighted by Gasteiger charge is -2.14. The first kappa shape index (κ1) is 10.1. The van der Waals surface area contributed by atoms with E-state index in [1.54, 1.807) is 33.4 Å². The molecule has 84 valence electrons. The van der Waals surface area contributed by atoms with E-state index < -0.39 is 0 Å². The molecule has 0 bridgehead atoms. The van der Waals surface area contributed by atoms with Crippen molar-refractivity contribution >= 4 is 6.08 Å². The molecule has 0 N–H and O–H groups in total. The maximum Gasteiger partial charge on any atom is -0.00578 e. The zero-order chi connectivity index (χ0) is 11.4. The summed E-state index contributed by atoms with van der Waals surface area (Å²) in [5.41, 5.74) is 11.2. The van der Waals surface area contributed by atoms with E-state index >= 15 is 0 Å². The van der Waals surface area contributed by atoms with Crippen LogP contribution in [0.1, 0.15) is 47.2 Å². The van der Waals surface area contributed by atoms with Crippen molar-refractivity contribution in [1.82, 2.24) is 0 Å². The summed E-state index contributed by atoms with van der Waals surface area (Å²) in [6.07, 6.45) is 6.18. The second kappa shape index (κ2) is 3.23. The molecule has 0 amide bonds. The molecule has 2 aliphatic carbocycles. The highest BCUT2D eigenvalue weighted by atomic mass is 14.3. The Morgan fingerprint density at radius 3 is 2.25 bits per heavy atom. The molecular weight excluding hydrogens is 192 g/mol. The molecule has 1 unspecified atom stereocenters. The van der Waals surface area contributed by atoms with Crippen LogP contribution in [0.15, 0.2) is 5.57 Å². The number of hydrogen-bond acceptors (Lipinski definition) is 0. The predicted molar refractivity (Wildman–Crippen MR) is 69.8 cm³/mol. The molecule has 0 nitrogen and oxygen atoms in total. The van der Waals surface area contributed by atoms with Crippen LogP contribution in [0.5, 0.6) is 0 Å². The second-order valence-corrected chi connectivity index (χ2v) is 5.78. The second-order valence-electron chi connectivity index (χ2n) is 5.78. The van der Waals surface area contributed by atoms with Crippen molar-refractivity contribution < 1.29 is 0 Å². The summed E-state index contributed by atoms with van der Waals surface area (Å²) in [5.74, 6) is 0.847. The van der Waals surface area contributed by atoms with E-state index in [2.05, 4.69) is 33.8 Å². The smallest absolute Gasteiger partial charge is 0.00578 e. The molecule has 0 spiro atoms. The minimum Gasteiger partial charge on any atom is -0.0683 e. The molecule has 0 radical (unpaired) electrons. The fourth-order valence-electron chi connectivity index (χ4n) is 3.55. The van der Waals surface area contributed by atoms with Crippen molar-refractivity contribution in [2.75, 3.05) is 0 Å². The highest BCUT2D eigenvalue weighted by molar-refractivity contribution is 5.71. The van der Waals surface area contributed by atoms with Gasteiger partial charge in [0.2, 0.25) is 0 Å². The normalized spacial score (nSPS) is 22.0. The summed E-state index contributed by atoms with van der Waals surface area (Å²) in [7, 11) is 0. The molecule has 3 rings (SSSR count). The quantitative estimate of drug-likeness (QED) is 0.610. The Kier molecular flexibility index (Phi) is 2.04. The molecule has 1 atom stereocenters. The van der Waals surface area contributed by atoms with Crippen LogP contribution in [0.25, 0.3) is 6.08 Å². The molecule has 0 fully saturated rings. The third kappa shape index (κ3) is 1.22. The predicted octanol–water partition coefficient (Wildman–Crippen LogP) is 4.00. The molecule has 1 aromatic rings. The number of fused-ring (bicyclic) bond motifs is 2. The number of hydrogen-bond donors (Lipinski definition) is 0. The summed E-state index contributed by atoms with van der Waals surface area (Å²) in [4.78, 5) is 0. The van der Waals surface area contributed by atoms with Gasteiger partial charge in [-0.3, -0.25) is 0 Å². The first-order valence-corrected chi connectivity index (χ1v) is 6.39. The average Bonchev–Trinajstić information content (AvgIpc) is 2.78. The van der Waals surface area contributed by atoms with Gasteiger partial charge >= 0.3 is 0 Å². The van der Waals surface area contributed by atoms with Crippen LogP contribution in [-0.4, -0.2) is 0 Å². The largest absolute Gasteiger partial charge is 0.0683 e. The summed E-state index contributed by atoms with van der Waals surface area (Å²) >= 11 is 0. The minimum atomic E-state index is 0.847. The van der Waals surface area contributed by atoms with Gasteiger partial charge in [-0.2, -0.15) is 0 Å². The van der Waals surface area contributed by atoms with Crippen molar-refractivity contribution in [2.45, 2.75) is 47.0 Å². The molecule has 0 saturated heterocycles. The van der Waals surface area contributed by atoms with E-state index in [4.69, 9.17) is 0 Å². The highest BCUT2D eigenvalue weighted by Crippen LogP contribution is 2.40. The third-order valence-corrected chi connectivity index (χ3v) is 4.40. The van der Waals surface area contributed by atoms with E-state index in [1.807, 2.05) is 0 Å². The molecule has 1 aromatic carbocycles. The molecule has 0 aromatic heterocycles. The van der Waals surface area contributed by atoms with Gasteiger partial charge in [-0.25, -0.2) is 0 Å². The molecule has 0 saturated carbocycles. The first-order chi connectivity index (χ1) is 7.58. The Bertz CT molecular complexity index is 500. The standard InChI is InChI=1S/C16H20/c1-9-5-13-11(3)15-7-10(2)8-16(15)12(4)14(13)6-9/h5,10H,6-8H2,1-4H3. The van der Waals surface area contributed by atoms with Gasteiger partial charge in [-0.15, -0.1) is 0 Å². The number of allylic oxidation sites excluding steroid dienone is 1. The molecular formula is C16H20. The summed E-state index contributed by atoms with van der Waals surface area (Å²) in [6, 6.07) is 0. The van der Waals surface area contributed by atoms with Gasteiger partial charge < -0.3 is 0 Å². The van der Waals surface area contributed by atoms with Crippen molar-refractivity contribution in [3.63, 3.8) is 0 Å². The average molecular weight is 212 g/mol. The van der Waals surface area contributed by atoms with Crippen molar-refractivity contribution in [1.29, 1.82) is 0 Å². The van der Waals surface area contributed by atoms with Crippen LogP contribution < -0.4 is 0 Å². The number of benzene rings is 1. The zero-order valence-corrected chi connectivity index (χ0v) is 10.8. The van der Waals surface area contributed by atoms with Gasteiger partial charge in [0.25, 0.3) is 0 Å². The van der Waals surface area contributed by atoms with Crippen LogP contribution in [0.3, 0.4) is 0 Å². The Morgan fingerprint density at radius 1 is 0.938 bits per heavy atom. The Labute approximate surface area is 98.4 Å². The molecule has 16 heavy (non-hydrogen) atoms. The van der Waals surface area contributed by atoms with Crippen LogP contribution in [0.4, 0.5) is 0 Å². The molecule has 0 heterocycles. The van der Waals surface area contributed by atoms with Crippen molar-refractivity contribution in [2.24, 2.45) is 5.92 Å². The van der Waals surface area contributed by atoms with Crippen molar-refractivity contribution in [3.05, 3.63) is 39.0 Å². The van der Waals surface area contributed by atoms with Gasteiger partial charge in [0.1, 0.15) is 0 Å². The summed E-state index contributed by atoms with van der Waals surface area (Å²) in [6.45, 7) is 9.30. The Morgan fingerprint density at radius 2 is 1.56 bits per heavy atom. The maximum atomic E-state index is 2.40. The number of rotatable bonds is 0. The zero-order valence-electron chi connectivity index (χ0n) is 10.8. The lowest BCUT2D eigenvalue weighted by atomic mass is 9.90. The van der Waals surface area contributed by atoms with Crippen LogP contribution in [0.2, 0.25) is 0 Å². The SMILES string of the molecule is CC1=Cc2c(C)c3c(c(C)c2C1)CC(C)C3. The van der Waals surface area contributed by atoms with E-state index in [9.17, 15) is 0 Å².